The molecule has 1 aromatic carbocycles. The van der Waals surface area contributed by atoms with Gasteiger partial charge in [0.25, 0.3) is 0 Å². The zero-order chi connectivity index (χ0) is 14.8. The van der Waals surface area contributed by atoms with Crippen LogP contribution in [0.15, 0.2) is 42.5 Å². The average Bonchev–Trinajstić information content (AvgIpc) is 2.84. The molecule has 0 aliphatic rings. The fourth-order valence-electron chi connectivity index (χ4n) is 2.71. The van der Waals surface area contributed by atoms with Crippen LogP contribution in [0.25, 0.3) is 11.0 Å². The summed E-state index contributed by atoms with van der Waals surface area (Å²) in [7, 11) is 0. The van der Waals surface area contributed by atoms with Crippen molar-refractivity contribution in [3.63, 3.8) is 0 Å². The van der Waals surface area contributed by atoms with Gasteiger partial charge in [0.1, 0.15) is 5.82 Å². The van der Waals surface area contributed by atoms with E-state index in [2.05, 4.69) is 22.5 Å². The van der Waals surface area contributed by atoms with Crippen molar-refractivity contribution in [1.82, 2.24) is 14.5 Å². The second-order valence-electron chi connectivity index (χ2n) is 5.28. The largest absolute Gasteiger partial charge is 0.328 e. The van der Waals surface area contributed by atoms with E-state index in [-0.39, 0.29) is 6.04 Å². The molecule has 0 amide bonds. The average molecular weight is 280 g/mol. The summed E-state index contributed by atoms with van der Waals surface area (Å²) in [5.74, 6) is 1.02. The summed E-state index contributed by atoms with van der Waals surface area (Å²) in [6.07, 6.45) is 0.693. The lowest BCUT2D eigenvalue weighted by atomic mass is 10.1. The lowest BCUT2D eigenvalue weighted by molar-refractivity contribution is 0.624. The van der Waals surface area contributed by atoms with Crippen LogP contribution in [-0.4, -0.2) is 14.5 Å². The third-order valence-electron chi connectivity index (χ3n) is 3.74. The molecule has 1 atom stereocenters. The summed E-state index contributed by atoms with van der Waals surface area (Å²) in [6.45, 7) is 5.01. The molecule has 0 radical (unpaired) electrons. The van der Waals surface area contributed by atoms with E-state index in [1.54, 1.807) is 0 Å². The molecule has 4 nitrogen and oxygen atoms in total. The third kappa shape index (κ3) is 2.67. The Balaban J connectivity index is 1.94. The summed E-state index contributed by atoms with van der Waals surface area (Å²) in [5, 5.41) is 0. The highest BCUT2D eigenvalue weighted by molar-refractivity contribution is 5.75. The molecule has 0 aliphatic heterocycles. The van der Waals surface area contributed by atoms with E-state index >= 15 is 0 Å². The van der Waals surface area contributed by atoms with Crippen molar-refractivity contribution in [2.24, 2.45) is 5.73 Å². The van der Waals surface area contributed by atoms with E-state index < -0.39 is 0 Å². The van der Waals surface area contributed by atoms with E-state index in [9.17, 15) is 0 Å². The van der Waals surface area contributed by atoms with Crippen molar-refractivity contribution < 1.29 is 0 Å². The van der Waals surface area contributed by atoms with Gasteiger partial charge in [-0.1, -0.05) is 18.2 Å². The number of pyridine rings is 1. The monoisotopic (exact) mass is 280 g/mol. The number of para-hydroxylation sites is 2. The normalized spacial score (nSPS) is 12.7. The van der Waals surface area contributed by atoms with Gasteiger partial charge in [-0.2, -0.15) is 0 Å². The fraction of sp³-hybridized carbons (Fsp3) is 0.294. The molecular weight excluding hydrogens is 260 g/mol. The van der Waals surface area contributed by atoms with Crippen LogP contribution in [0, 0.1) is 6.92 Å². The molecule has 0 aliphatic carbocycles. The molecule has 21 heavy (non-hydrogen) atoms. The number of benzene rings is 1. The number of fused-ring (bicyclic) bond motifs is 1. The Morgan fingerprint density at radius 3 is 2.67 bits per heavy atom. The number of aromatic nitrogens is 3. The highest BCUT2D eigenvalue weighted by Crippen LogP contribution is 2.20. The van der Waals surface area contributed by atoms with Gasteiger partial charge in [-0.3, -0.25) is 4.98 Å². The van der Waals surface area contributed by atoms with E-state index in [1.807, 2.05) is 43.3 Å². The predicted molar refractivity (Wildman–Crippen MR) is 85.0 cm³/mol. The first-order chi connectivity index (χ1) is 10.2. The summed E-state index contributed by atoms with van der Waals surface area (Å²) in [4.78, 5) is 9.24. The summed E-state index contributed by atoms with van der Waals surface area (Å²) >= 11 is 0. The van der Waals surface area contributed by atoms with Gasteiger partial charge in [0.2, 0.25) is 0 Å². The molecule has 0 saturated heterocycles. The number of hydrogen-bond acceptors (Lipinski definition) is 3. The van der Waals surface area contributed by atoms with Gasteiger partial charge >= 0.3 is 0 Å². The smallest absolute Gasteiger partial charge is 0.111 e. The van der Waals surface area contributed by atoms with Gasteiger partial charge in [0, 0.05) is 18.7 Å². The van der Waals surface area contributed by atoms with Gasteiger partial charge in [0.05, 0.1) is 22.8 Å². The SMILES string of the molecule is CCn1c(CC(N)c2cccc(C)n2)nc2ccccc21. The second kappa shape index (κ2) is 5.66. The topological polar surface area (TPSA) is 56.7 Å². The highest BCUT2D eigenvalue weighted by Gasteiger charge is 2.15. The quantitative estimate of drug-likeness (QED) is 0.799. The maximum Gasteiger partial charge on any atom is 0.111 e. The Labute approximate surface area is 124 Å². The molecule has 0 fully saturated rings. The van der Waals surface area contributed by atoms with Crippen LogP contribution in [0.5, 0.6) is 0 Å². The first-order valence-corrected chi connectivity index (χ1v) is 7.32. The second-order valence-corrected chi connectivity index (χ2v) is 5.28. The Bertz CT molecular complexity index is 760. The maximum atomic E-state index is 6.33. The number of nitrogens with zero attached hydrogens (tertiary/aromatic N) is 3. The molecule has 0 spiro atoms. The Kier molecular flexibility index (Phi) is 3.71. The molecule has 3 aromatic rings. The molecule has 4 heteroatoms. The summed E-state index contributed by atoms with van der Waals surface area (Å²) in [5.41, 5.74) is 10.4. The zero-order valence-electron chi connectivity index (χ0n) is 12.5. The summed E-state index contributed by atoms with van der Waals surface area (Å²) in [6, 6.07) is 14.0. The first-order valence-electron chi connectivity index (χ1n) is 7.32. The molecule has 108 valence electrons. The molecule has 2 N–H and O–H groups in total. The van der Waals surface area contributed by atoms with Crippen LogP contribution in [0.1, 0.15) is 30.2 Å². The van der Waals surface area contributed by atoms with Crippen LogP contribution in [0.2, 0.25) is 0 Å². The van der Waals surface area contributed by atoms with Gasteiger partial charge in [0.15, 0.2) is 0 Å². The van der Waals surface area contributed by atoms with E-state index in [0.29, 0.717) is 6.42 Å². The number of nitrogens with two attached hydrogens (primary N) is 1. The number of hydrogen-bond donors (Lipinski definition) is 1. The van der Waals surface area contributed by atoms with Gasteiger partial charge in [-0.05, 0) is 38.1 Å². The number of rotatable bonds is 4. The van der Waals surface area contributed by atoms with Crippen molar-refractivity contribution in [2.75, 3.05) is 0 Å². The Hall–Kier alpha value is -2.20. The molecule has 1 unspecified atom stereocenters. The third-order valence-corrected chi connectivity index (χ3v) is 3.74. The first kappa shape index (κ1) is 13.8. The van der Waals surface area contributed by atoms with Crippen molar-refractivity contribution in [1.29, 1.82) is 0 Å². The fourth-order valence-corrected chi connectivity index (χ4v) is 2.71. The van der Waals surface area contributed by atoms with Crippen LogP contribution in [0.4, 0.5) is 0 Å². The van der Waals surface area contributed by atoms with Crippen molar-refractivity contribution >= 4 is 11.0 Å². The number of aryl methyl sites for hydroxylation is 2. The van der Waals surface area contributed by atoms with E-state index in [4.69, 9.17) is 10.7 Å². The van der Waals surface area contributed by atoms with Gasteiger partial charge in [-0.25, -0.2) is 4.98 Å². The lowest BCUT2D eigenvalue weighted by Crippen LogP contribution is -2.18. The van der Waals surface area contributed by atoms with E-state index in [1.165, 1.54) is 5.52 Å². The minimum Gasteiger partial charge on any atom is -0.328 e. The number of imidazole rings is 1. The molecular formula is C17H20N4. The molecule has 0 saturated carbocycles. The van der Waals surface area contributed by atoms with Crippen molar-refractivity contribution in [3.05, 3.63) is 59.7 Å². The minimum absolute atomic E-state index is 0.132. The van der Waals surface area contributed by atoms with Crippen LogP contribution in [0.3, 0.4) is 0 Å². The van der Waals surface area contributed by atoms with Crippen LogP contribution >= 0.6 is 0 Å². The Morgan fingerprint density at radius 1 is 1.10 bits per heavy atom. The molecule has 0 bridgehead atoms. The predicted octanol–water partition coefficient (Wildman–Crippen LogP) is 3.00. The maximum absolute atomic E-state index is 6.33. The molecule has 3 rings (SSSR count). The molecule has 2 heterocycles. The van der Waals surface area contributed by atoms with Crippen LogP contribution in [-0.2, 0) is 13.0 Å². The van der Waals surface area contributed by atoms with E-state index in [0.717, 1.165) is 29.3 Å². The summed E-state index contributed by atoms with van der Waals surface area (Å²) < 4.78 is 2.23. The van der Waals surface area contributed by atoms with Crippen molar-refractivity contribution in [3.8, 4) is 0 Å². The highest BCUT2D eigenvalue weighted by atomic mass is 15.1. The molecule has 2 aromatic heterocycles. The lowest BCUT2D eigenvalue weighted by Gasteiger charge is -2.12. The van der Waals surface area contributed by atoms with Crippen molar-refractivity contribution in [2.45, 2.75) is 32.9 Å². The van der Waals surface area contributed by atoms with Gasteiger partial charge in [-0.15, -0.1) is 0 Å². The zero-order valence-corrected chi connectivity index (χ0v) is 12.5. The van der Waals surface area contributed by atoms with Gasteiger partial charge < -0.3 is 10.3 Å². The minimum atomic E-state index is -0.132. The van der Waals surface area contributed by atoms with Crippen LogP contribution < -0.4 is 5.73 Å². The Morgan fingerprint density at radius 2 is 1.90 bits per heavy atom. The standard InChI is InChI=1S/C17H20N4/c1-3-21-16-10-5-4-8-15(16)20-17(21)11-13(18)14-9-6-7-12(2)19-14/h4-10,13H,3,11,18H2,1-2H3.